The van der Waals surface area contributed by atoms with Crippen molar-refractivity contribution in [3.05, 3.63) is 18.3 Å². The minimum absolute atomic E-state index is 0.223. The molecule has 1 aliphatic carbocycles. The van der Waals surface area contributed by atoms with Crippen LogP contribution in [-0.2, 0) is 5.11 Å². The summed E-state index contributed by atoms with van der Waals surface area (Å²) < 4.78 is 5.61. The van der Waals surface area contributed by atoms with E-state index < -0.39 is 0 Å². The van der Waals surface area contributed by atoms with Crippen LogP contribution in [0.1, 0.15) is 32.1 Å². The fraction of sp³-hybridized carbons (Fsp3) is 0.545. The fourth-order valence-electron chi connectivity index (χ4n) is 1.83. The van der Waals surface area contributed by atoms with Crippen LogP contribution in [0.5, 0.6) is 11.6 Å². The number of ether oxygens (including phenoxy) is 1. The number of aromatic nitrogens is 1. The summed E-state index contributed by atoms with van der Waals surface area (Å²) >= 11 is 0. The van der Waals surface area contributed by atoms with Crippen molar-refractivity contribution in [3.63, 3.8) is 0 Å². The first-order valence-corrected chi connectivity index (χ1v) is 5.15. The molecule has 0 N–H and O–H groups in total. The predicted octanol–water partition coefficient (Wildman–Crippen LogP) is 2.94. The van der Waals surface area contributed by atoms with Crippen molar-refractivity contribution in [2.24, 2.45) is 0 Å². The first-order valence-electron chi connectivity index (χ1n) is 5.15. The molecule has 1 aromatic heterocycles. The molecule has 0 atom stereocenters. The second-order valence-electron chi connectivity index (χ2n) is 3.68. The molecule has 1 aliphatic rings. The first kappa shape index (κ1) is 9.31. The van der Waals surface area contributed by atoms with E-state index in [4.69, 9.17) is 4.74 Å². The lowest BCUT2D eigenvalue weighted by Gasteiger charge is -2.22. The molecule has 3 nitrogen and oxygen atoms in total. The van der Waals surface area contributed by atoms with E-state index in [-0.39, 0.29) is 12.0 Å². The van der Waals surface area contributed by atoms with Gasteiger partial charge < -0.3 is 4.74 Å². The predicted molar refractivity (Wildman–Crippen MR) is 51.9 cm³/mol. The van der Waals surface area contributed by atoms with Crippen LogP contribution < -0.4 is 4.74 Å². The number of hydrogen-bond acceptors (Lipinski definition) is 2. The zero-order valence-corrected chi connectivity index (χ0v) is 8.11. The summed E-state index contributed by atoms with van der Waals surface area (Å²) in [5, 5.41) is 11.3. The Bertz CT molecular complexity index is 295. The molecular formula is C11H14NO2. The van der Waals surface area contributed by atoms with Gasteiger partial charge in [0.05, 0.1) is 6.10 Å². The van der Waals surface area contributed by atoms with Crippen LogP contribution in [-0.4, -0.2) is 11.1 Å². The molecule has 1 radical (unpaired) electrons. The maximum Gasteiger partial charge on any atom is 0.311 e. The molecule has 0 aromatic carbocycles. The van der Waals surface area contributed by atoms with Crippen LogP contribution in [0.15, 0.2) is 18.3 Å². The van der Waals surface area contributed by atoms with Crippen molar-refractivity contribution in [2.45, 2.75) is 38.2 Å². The lowest BCUT2D eigenvalue weighted by atomic mass is 9.98. The molecule has 2 rings (SSSR count). The van der Waals surface area contributed by atoms with Gasteiger partial charge in [-0.25, -0.2) is 4.98 Å². The number of pyridine rings is 1. The molecule has 14 heavy (non-hydrogen) atoms. The standard InChI is InChI=1S/C11H14NO2/c13-11-10(7-4-8-12-11)14-9-5-2-1-3-6-9/h4,7-9H,1-3,5-6H2. The highest BCUT2D eigenvalue weighted by Gasteiger charge is 2.16. The summed E-state index contributed by atoms with van der Waals surface area (Å²) in [4.78, 5) is 3.66. The molecule has 1 saturated carbocycles. The van der Waals surface area contributed by atoms with E-state index >= 15 is 0 Å². The lowest BCUT2D eigenvalue weighted by molar-refractivity contribution is 0.144. The van der Waals surface area contributed by atoms with Gasteiger partial charge in [0.15, 0.2) is 5.75 Å². The summed E-state index contributed by atoms with van der Waals surface area (Å²) in [5.41, 5.74) is 0. The molecular weight excluding hydrogens is 178 g/mol. The summed E-state index contributed by atoms with van der Waals surface area (Å²) in [6, 6.07) is 3.43. The summed E-state index contributed by atoms with van der Waals surface area (Å²) in [6.07, 6.45) is 7.55. The van der Waals surface area contributed by atoms with Gasteiger partial charge in [0.2, 0.25) is 0 Å². The smallest absolute Gasteiger partial charge is 0.311 e. The summed E-state index contributed by atoms with van der Waals surface area (Å²) in [6.45, 7) is 0. The molecule has 0 amide bonds. The van der Waals surface area contributed by atoms with Gasteiger partial charge in [-0.05, 0) is 37.8 Å². The normalized spacial score (nSPS) is 18.0. The minimum Gasteiger partial charge on any atom is -0.485 e. The SMILES string of the molecule is [O]c1ncccc1OC1CCCCC1. The Hall–Kier alpha value is -1.25. The Morgan fingerprint density at radius 2 is 2.07 bits per heavy atom. The van der Waals surface area contributed by atoms with Crippen molar-refractivity contribution in [2.75, 3.05) is 0 Å². The van der Waals surface area contributed by atoms with Crippen LogP contribution in [0.25, 0.3) is 0 Å². The Balaban J connectivity index is 1.99. The zero-order chi connectivity index (χ0) is 9.80. The number of nitrogens with zero attached hydrogens (tertiary/aromatic N) is 1. The Morgan fingerprint density at radius 1 is 1.29 bits per heavy atom. The van der Waals surface area contributed by atoms with E-state index in [1.165, 1.54) is 25.5 Å². The quantitative estimate of drug-likeness (QED) is 0.722. The average Bonchev–Trinajstić information content (AvgIpc) is 2.23. The van der Waals surface area contributed by atoms with Crippen LogP contribution in [0.3, 0.4) is 0 Å². The molecule has 0 spiro atoms. The van der Waals surface area contributed by atoms with E-state index in [0.29, 0.717) is 5.75 Å². The lowest BCUT2D eigenvalue weighted by Crippen LogP contribution is -2.19. The summed E-state index contributed by atoms with van der Waals surface area (Å²) in [7, 11) is 0. The van der Waals surface area contributed by atoms with Crippen LogP contribution in [0.2, 0.25) is 0 Å². The van der Waals surface area contributed by atoms with Gasteiger partial charge in [0.1, 0.15) is 0 Å². The third-order valence-corrected chi connectivity index (χ3v) is 2.58. The van der Waals surface area contributed by atoms with E-state index in [9.17, 15) is 5.11 Å². The van der Waals surface area contributed by atoms with E-state index in [0.717, 1.165) is 12.8 Å². The fourth-order valence-corrected chi connectivity index (χ4v) is 1.83. The van der Waals surface area contributed by atoms with Crippen molar-refractivity contribution >= 4 is 0 Å². The molecule has 0 saturated heterocycles. The second kappa shape index (κ2) is 4.31. The maximum absolute atomic E-state index is 11.3. The molecule has 0 bridgehead atoms. The van der Waals surface area contributed by atoms with Crippen molar-refractivity contribution < 1.29 is 9.84 Å². The maximum atomic E-state index is 11.3. The van der Waals surface area contributed by atoms with Gasteiger partial charge in [-0.15, -0.1) is 0 Å². The van der Waals surface area contributed by atoms with E-state index in [1.807, 2.05) is 0 Å². The second-order valence-corrected chi connectivity index (χ2v) is 3.68. The highest BCUT2D eigenvalue weighted by molar-refractivity contribution is 5.30. The van der Waals surface area contributed by atoms with Gasteiger partial charge in [-0.3, -0.25) is 5.11 Å². The van der Waals surface area contributed by atoms with E-state index in [1.54, 1.807) is 12.1 Å². The van der Waals surface area contributed by atoms with Gasteiger partial charge in [-0.2, -0.15) is 0 Å². The van der Waals surface area contributed by atoms with Crippen LogP contribution in [0, 0.1) is 0 Å². The molecule has 0 aliphatic heterocycles. The zero-order valence-electron chi connectivity index (χ0n) is 8.11. The van der Waals surface area contributed by atoms with Gasteiger partial charge in [0, 0.05) is 6.20 Å². The number of hydrogen-bond donors (Lipinski definition) is 0. The van der Waals surface area contributed by atoms with E-state index in [2.05, 4.69) is 4.98 Å². The third kappa shape index (κ3) is 2.16. The van der Waals surface area contributed by atoms with Crippen molar-refractivity contribution in [3.8, 4) is 11.6 Å². The van der Waals surface area contributed by atoms with Gasteiger partial charge in [0.25, 0.3) is 0 Å². The molecule has 3 heteroatoms. The average molecular weight is 192 g/mol. The molecule has 1 heterocycles. The van der Waals surface area contributed by atoms with Crippen LogP contribution >= 0.6 is 0 Å². The Labute approximate surface area is 83.7 Å². The minimum atomic E-state index is -0.252. The topological polar surface area (TPSA) is 42.0 Å². The van der Waals surface area contributed by atoms with Gasteiger partial charge >= 0.3 is 5.88 Å². The van der Waals surface area contributed by atoms with Gasteiger partial charge in [-0.1, -0.05) is 6.42 Å². The third-order valence-electron chi connectivity index (χ3n) is 2.58. The summed E-state index contributed by atoms with van der Waals surface area (Å²) in [5.74, 6) is 0.150. The monoisotopic (exact) mass is 192 g/mol. The van der Waals surface area contributed by atoms with Crippen molar-refractivity contribution in [1.82, 2.24) is 4.98 Å². The Morgan fingerprint density at radius 3 is 2.79 bits per heavy atom. The first-order chi connectivity index (χ1) is 6.86. The molecule has 75 valence electrons. The molecule has 1 aromatic rings. The Kier molecular flexibility index (Phi) is 2.87. The van der Waals surface area contributed by atoms with Crippen LogP contribution in [0.4, 0.5) is 0 Å². The molecule has 0 unspecified atom stereocenters. The highest BCUT2D eigenvalue weighted by atomic mass is 16.5. The number of rotatable bonds is 2. The van der Waals surface area contributed by atoms with Crippen molar-refractivity contribution in [1.29, 1.82) is 0 Å². The molecule has 1 fully saturated rings. The largest absolute Gasteiger partial charge is 0.485 e. The highest BCUT2D eigenvalue weighted by Crippen LogP contribution is 2.28.